The second kappa shape index (κ2) is 7.34. The van der Waals surface area contributed by atoms with Crippen molar-refractivity contribution in [1.82, 2.24) is 15.1 Å². The molecule has 132 valence electrons. The van der Waals surface area contributed by atoms with Gasteiger partial charge in [-0.1, -0.05) is 13.8 Å². The second-order valence-electron chi connectivity index (χ2n) is 6.97. The van der Waals surface area contributed by atoms with Gasteiger partial charge >= 0.3 is 6.03 Å². The van der Waals surface area contributed by atoms with Gasteiger partial charge in [0.25, 0.3) is 5.91 Å². The van der Waals surface area contributed by atoms with Crippen LogP contribution in [0.4, 0.5) is 4.79 Å². The van der Waals surface area contributed by atoms with Crippen LogP contribution in [0.15, 0.2) is 16.8 Å². The quantitative estimate of drug-likeness (QED) is 0.767. The molecule has 0 radical (unpaired) electrons. The van der Waals surface area contributed by atoms with Crippen molar-refractivity contribution in [2.24, 2.45) is 5.92 Å². The molecule has 1 aliphatic rings. The molecular weight excluding hydrogens is 326 g/mol. The van der Waals surface area contributed by atoms with Crippen molar-refractivity contribution in [3.05, 3.63) is 22.4 Å². The third-order valence-electron chi connectivity index (χ3n) is 4.29. The Hall–Kier alpha value is -1.89. The predicted octanol–water partition coefficient (Wildman–Crippen LogP) is 2.45. The van der Waals surface area contributed by atoms with E-state index in [1.807, 2.05) is 16.8 Å². The number of rotatable bonds is 7. The fourth-order valence-electron chi connectivity index (χ4n) is 2.64. The maximum absolute atomic E-state index is 12.6. The summed E-state index contributed by atoms with van der Waals surface area (Å²) in [5.74, 6) is -0.123. The largest absolute Gasteiger partial charge is 0.340 e. The lowest BCUT2D eigenvalue weighted by molar-refractivity contribution is -0.138. The molecule has 7 heteroatoms. The van der Waals surface area contributed by atoms with E-state index in [2.05, 4.69) is 19.2 Å². The summed E-state index contributed by atoms with van der Waals surface area (Å²) in [6.45, 7) is 6.13. The molecule has 1 N–H and O–H groups in total. The van der Waals surface area contributed by atoms with Crippen LogP contribution in [0.2, 0.25) is 0 Å². The van der Waals surface area contributed by atoms with Gasteiger partial charge in [0, 0.05) is 13.6 Å². The third-order valence-corrected chi connectivity index (χ3v) is 5.02. The highest BCUT2D eigenvalue weighted by molar-refractivity contribution is 7.07. The lowest BCUT2D eigenvalue weighted by atomic mass is 9.92. The minimum absolute atomic E-state index is 0.220. The molecule has 1 aromatic rings. The van der Waals surface area contributed by atoms with E-state index in [4.69, 9.17) is 0 Å². The van der Waals surface area contributed by atoms with E-state index in [0.29, 0.717) is 18.9 Å². The summed E-state index contributed by atoms with van der Waals surface area (Å²) in [6, 6.07) is 1.47. The molecule has 1 saturated heterocycles. The van der Waals surface area contributed by atoms with Crippen LogP contribution < -0.4 is 5.32 Å². The van der Waals surface area contributed by atoms with Gasteiger partial charge in [-0.15, -0.1) is 0 Å². The van der Waals surface area contributed by atoms with Crippen LogP contribution >= 0.6 is 11.3 Å². The normalized spacial score (nSPS) is 20.6. The van der Waals surface area contributed by atoms with Crippen molar-refractivity contribution in [2.45, 2.75) is 45.7 Å². The average molecular weight is 351 g/mol. The van der Waals surface area contributed by atoms with Gasteiger partial charge in [0.05, 0.1) is 0 Å². The smallest absolute Gasteiger partial charge is 0.325 e. The molecule has 1 atom stereocenters. The Labute approximate surface area is 146 Å². The van der Waals surface area contributed by atoms with E-state index < -0.39 is 11.6 Å². The molecule has 0 bridgehead atoms. The van der Waals surface area contributed by atoms with Gasteiger partial charge in [-0.3, -0.25) is 14.5 Å². The van der Waals surface area contributed by atoms with Crippen LogP contribution in [0.5, 0.6) is 0 Å². The number of amides is 4. The lowest BCUT2D eigenvalue weighted by Crippen LogP contribution is -2.45. The third kappa shape index (κ3) is 4.14. The molecule has 4 amide bonds. The Bertz CT molecular complexity index is 615. The minimum Gasteiger partial charge on any atom is -0.340 e. The molecule has 1 fully saturated rings. The van der Waals surface area contributed by atoms with Crippen LogP contribution in [0.3, 0.4) is 0 Å². The van der Waals surface area contributed by atoms with Gasteiger partial charge in [-0.25, -0.2) is 4.79 Å². The van der Waals surface area contributed by atoms with E-state index in [-0.39, 0.29) is 18.4 Å². The van der Waals surface area contributed by atoms with Crippen molar-refractivity contribution in [1.29, 1.82) is 0 Å². The molecule has 0 saturated carbocycles. The number of hydrogen-bond acceptors (Lipinski definition) is 4. The Balaban J connectivity index is 1.97. The number of nitrogens with zero attached hydrogens (tertiary/aromatic N) is 2. The fourth-order valence-corrected chi connectivity index (χ4v) is 3.30. The first-order valence-corrected chi connectivity index (χ1v) is 9.06. The average Bonchev–Trinajstić information content (AvgIpc) is 3.08. The minimum atomic E-state index is -0.909. The number of nitrogens with one attached hydrogen (secondary N) is 1. The number of imide groups is 1. The first-order valence-electron chi connectivity index (χ1n) is 8.12. The lowest BCUT2D eigenvalue weighted by Gasteiger charge is -2.23. The number of carbonyl (C=O) groups is 3. The summed E-state index contributed by atoms with van der Waals surface area (Å²) in [6.07, 6.45) is 1.41. The molecule has 2 heterocycles. The summed E-state index contributed by atoms with van der Waals surface area (Å²) in [4.78, 5) is 39.7. The zero-order valence-electron chi connectivity index (χ0n) is 14.7. The summed E-state index contributed by atoms with van der Waals surface area (Å²) < 4.78 is 0. The highest BCUT2D eigenvalue weighted by atomic mass is 32.1. The Morgan fingerprint density at radius 2 is 2.12 bits per heavy atom. The molecular formula is C17H25N3O3S. The fraction of sp³-hybridized carbons (Fsp3) is 0.588. The zero-order chi connectivity index (χ0) is 17.9. The highest BCUT2D eigenvalue weighted by Crippen LogP contribution is 2.24. The SMILES string of the molecule is CC(C)CCC1(C)NC(=O)N(CC(=O)N(C)Cc2ccsc2)C1=O. The summed E-state index contributed by atoms with van der Waals surface area (Å²) in [7, 11) is 1.68. The summed E-state index contributed by atoms with van der Waals surface area (Å²) >= 11 is 1.57. The van der Waals surface area contributed by atoms with Gasteiger partial charge < -0.3 is 10.2 Å². The van der Waals surface area contributed by atoms with Crippen LogP contribution in [-0.4, -0.2) is 46.8 Å². The van der Waals surface area contributed by atoms with Crippen LogP contribution in [0, 0.1) is 5.92 Å². The van der Waals surface area contributed by atoms with E-state index in [1.165, 1.54) is 4.90 Å². The van der Waals surface area contributed by atoms with Crippen molar-refractivity contribution >= 4 is 29.2 Å². The van der Waals surface area contributed by atoms with Gasteiger partial charge in [0.2, 0.25) is 5.91 Å². The first kappa shape index (κ1) is 18.4. The van der Waals surface area contributed by atoms with Gasteiger partial charge in [-0.2, -0.15) is 11.3 Å². The van der Waals surface area contributed by atoms with Crippen LogP contribution in [0.1, 0.15) is 39.2 Å². The number of thiophene rings is 1. The molecule has 0 spiro atoms. The van der Waals surface area contributed by atoms with E-state index in [0.717, 1.165) is 16.9 Å². The Morgan fingerprint density at radius 3 is 2.71 bits per heavy atom. The van der Waals surface area contributed by atoms with Crippen molar-refractivity contribution in [2.75, 3.05) is 13.6 Å². The molecule has 1 unspecified atom stereocenters. The van der Waals surface area contributed by atoms with Crippen LogP contribution in [-0.2, 0) is 16.1 Å². The predicted molar refractivity (Wildman–Crippen MR) is 93.5 cm³/mol. The zero-order valence-corrected chi connectivity index (χ0v) is 15.5. The Morgan fingerprint density at radius 1 is 1.42 bits per heavy atom. The molecule has 0 aromatic carbocycles. The van der Waals surface area contributed by atoms with Gasteiger partial charge in [0.1, 0.15) is 12.1 Å². The van der Waals surface area contributed by atoms with E-state index >= 15 is 0 Å². The Kier molecular flexibility index (Phi) is 5.64. The molecule has 6 nitrogen and oxygen atoms in total. The maximum Gasteiger partial charge on any atom is 0.325 e. The van der Waals surface area contributed by atoms with Crippen molar-refractivity contribution in [3.63, 3.8) is 0 Å². The standard InChI is InChI=1S/C17H25N3O3S/c1-12(2)5-7-17(3)15(22)20(16(23)18-17)10-14(21)19(4)9-13-6-8-24-11-13/h6,8,11-12H,5,7,9-10H2,1-4H3,(H,18,23). The van der Waals surface area contributed by atoms with Crippen molar-refractivity contribution in [3.8, 4) is 0 Å². The van der Waals surface area contributed by atoms with Gasteiger partial charge in [0.15, 0.2) is 0 Å². The summed E-state index contributed by atoms with van der Waals surface area (Å²) in [5.41, 5.74) is 0.128. The number of urea groups is 1. The molecule has 1 aromatic heterocycles. The number of carbonyl (C=O) groups excluding carboxylic acids is 3. The summed E-state index contributed by atoms with van der Waals surface area (Å²) in [5, 5.41) is 6.67. The highest BCUT2D eigenvalue weighted by Gasteiger charge is 2.48. The number of likely N-dealkylation sites (N-methyl/N-ethyl adjacent to an activating group) is 1. The van der Waals surface area contributed by atoms with Crippen molar-refractivity contribution < 1.29 is 14.4 Å². The second-order valence-corrected chi connectivity index (χ2v) is 7.75. The molecule has 2 rings (SSSR count). The topological polar surface area (TPSA) is 69.7 Å². The monoisotopic (exact) mass is 351 g/mol. The number of hydrogen-bond donors (Lipinski definition) is 1. The van der Waals surface area contributed by atoms with E-state index in [9.17, 15) is 14.4 Å². The maximum atomic E-state index is 12.6. The van der Waals surface area contributed by atoms with E-state index in [1.54, 1.807) is 25.3 Å². The molecule has 1 aliphatic heterocycles. The van der Waals surface area contributed by atoms with Crippen LogP contribution in [0.25, 0.3) is 0 Å². The molecule has 24 heavy (non-hydrogen) atoms. The molecule has 0 aliphatic carbocycles. The first-order chi connectivity index (χ1) is 11.2. The van der Waals surface area contributed by atoms with Gasteiger partial charge in [-0.05, 0) is 48.1 Å².